The highest BCUT2D eigenvalue weighted by atomic mass is 35.5. The molecule has 8 heteroatoms. The Morgan fingerprint density at radius 1 is 1.19 bits per heavy atom. The number of rotatable bonds is 5. The molecule has 0 aliphatic carbocycles. The molecule has 1 aliphatic rings. The van der Waals surface area contributed by atoms with Gasteiger partial charge >= 0.3 is 0 Å². The molecule has 0 saturated carbocycles. The maximum atomic E-state index is 12.6. The predicted octanol–water partition coefficient (Wildman–Crippen LogP) is 2.05. The summed E-state index contributed by atoms with van der Waals surface area (Å²) in [4.78, 5) is 12.6. The molecule has 1 fully saturated rings. The van der Waals surface area contributed by atoms with Gasteiger partial charge in [0, 0.05) is 25.6 Å². The van der Waals surface area contributed by atoms with Crippen LogP contribution in [0.15, 0.2) is 42.5 Å². The van der Waals surface area contributed by atoms with Crippen molar-refractivity contribution in [2.45, 2.75) is 18.9 Å². The van der Waals surface area contributed by atoms with Gasteiger partial charge in [0.15, 0.2) is 0 Å². The quantitative estimate of drug-likeness (QED) is 0.787. The van der Waals surface area contributed by atoms with Gasteiger partial charge in [0.05, 0.1) is 12.3 Å². The van der Waals surface area contributed by atoms with E-state index in [0.717, 1.165) is 16.3 Å². The van der Waals surface area contributed by atoms with E-state index >= 15 is 0 Å². The Labute approximate surface area is 166 Å². The maximum absolute atomic E-state index is 12.6. The Kier molecular flexibility index (Phi) is 7.22. The molecule has 2 aromatic rings. The Morgan fingerprint density at radius 2 is 1.81 bits per heavy atom. The number of hydrogen-bond donors (Lipinski definition) is 2. The first-order valence-electron chi connectivity index (χ1n) is 8.83. The summed E-state index contributed by atoms with van der Waals surface area (Å²) in [5, 5.41) is 5.29. The number of halogens is 1. The van der Waals surface area contributed by atoms with E-state index in [9.17, 15) is 13.2 Å². The molecule has 1 atom stereocenters. The van der Waals surface area contributed by atoms with E-state index in [4.69, 9.17) is 5.73 Å². The van der Waals surface area contributed by atoms with Gasteiger partial charge in [0.2, 0.25) is 15.9 Å². The van der Waals surface area contributed by atoms with Gasteiger partial charge in [-0.1, -0.05) is 36.4 Å². The van der Waals surface area contributed by atoms with Crippen LogP contribution in [-0.2, 0) is 14.8 Å². The van der Waals surface area contributed by atoms with Crippen LogP contribution >= 0.6 is 12.4 Å². The lowest BCUT2D eigenvalue weighted by Gasteiger charge is -2.30. The van der Waals surface area contributed by atoms with Crippen LogP contribution in [0.3, 0.4) is 0 Å². The van der Waals surface area contributed by atoms with Crippen molar-refractivity contribution >= 4 is 39.1 Å². The smallest absolute Gasteiger partial charge is 0.223 e. The molecular weight excluding hydrogens is 386 g/mol. The molecule has 1 unspecified atom stereocenters. The number of nitrogens with one attached hydrogen (secondary N) is 1. The number of benzene rings is 2. The van der Waals surface area contributed by atoms with Crippen molar-refractivity contribution in [1.82, 2.24) is 9.62 Å². The van der Waals surface area contributed by atoms with Crippen LogP contribution in [-0.4, -0.2) is 44.5 Å². The molecule has 1 amide bonds. The van der Waals surface area contributed by atoms with E-state index in [2.05, 4.69) is 11.4 Å². The average Bonchev–Trinajstić information content (AvgIpc) is 2.65. The van der Waals surface area contributed by atoms with Crippen molar-refractivity contribution in [3.63, 3.8) is 0 Å². The first-order valence-corrected chi connectivity index (χ1v) is 10.7. The molecule has 1 heterocycles. The zero-order valence-corrected chi connectivity index (χ0v) is 16.9. The summed E-state index contributed by atoms with van der Waals surface area (Å²) in [7, 11) is -3.18. The summed E-state index contributed by atoms with van der Waals surface area (Å²) in [6.45, 7) is 1.09. The van der Waals surface area contributed by atoms with Crippen LogP contribution < -0.4 is 11.1 Å². The van der Waals surface area contributed by atoms with Gasteiger partial charge in [-0.05, 0) is 35.2 Å². The molecule has 0 aromatic heterocycles. The molecule has 2 aromatic carbocycles. The molecule has 0 radical (unpaired) electrons. The summed E-state index contributed by atoms with van der Waals surface area (Å²) in [5.74, 6) is -0.232. The minimum absolute atomic E-state index is 0. The zero-order valence-electron chi connectivity index (χ0n) is 15.3. The molecule has 27 heavy (non-hydrogen) atoms. The normalized spacial score (nSPS) is 17.3. The van der Waals surface area contributed by atoms with Crippen molar-refractivity contribution in [2.24, 2.45) is 11.7 Å². The summed E-state index contributed by atoms with van der Waals surface area (Å²) in [6.07, 6.45) is 2.28. The van der Waals surface area contributed by atoms with E-state index in [-0.39, 0.29) is 30.3 Å². The zero-order chi connectivity index (χ0) is 18.7. The van der Waals surface area contributed by atoms with Crippen molar-refractivity contribution in [1.29, 1.82) is 0 Å². The SMILES string of the molecule is CS(=O)(=O)N1CCC(C(=O)NC(CN)c2ccc3ccccc3c2)CC1.Cl. The largest absolute Gasteiger partial charge is 0.348 e. The van der Waals surface area contributed by atoms with Crippen molar-refractivity contribution in [2.75, 3.05) is 25.9 Å². The molecule has 3 rings (SSSR count). The van der Waals surface area contributed by atoms with Gasteiger partial charge in [-0.25, -0.2) is 12.7 Å². The molecule has 6 nitrogen and oxygen atoms in total. The summed E-state index contributed by atoms with van der Waals surface area (Å²) in [6, 6.07) is 13.9. The predicted molar refractivity (Wildman–Crippen MR) is 110 cm³/mol. The Bertz CT molecular complexity index is 896. The number of carbonyl (C=O) groups is 1. The van der Waals surface area contributed by atoms with Gasteiger partial charge in [-0.15, -0.1) is 12.4 Å². The molecular formula is C19H26ClN3O3S. The van der Waals surface area contributed by atoms with E-state index < -0.39 is 10.0 Å². The third-order valence-electron chi connectivity index (χ3n) is 5.02. The van der Waals surface area contributed by atoms with Crippen LogP contribution in [0.25, 0.3) is 10.8 Å². The Balaban J connectivity index is 0.00000261. The summed E-state index contributed by atoms with van der Waals surface area (Å²) >= 11 is 0. The summed E-state index contributed by atoms with van der Waals surface area (Å²) < 4.78 is 24.6. The van der Waals surface area contributed by atoms with Crippen molar-refractivity contribution < 1.29 is 13.2 Å². The number of sulfonamides is 1. The van der Waals surface area contributed by atoms with Crippen LogP contribution in [0.1, 0.15) is 24.4 Å². The van der Waals surface area contributed by atoms with Crippen molar-refractivity contribution in [3.8, 4) is 0 Å². The lowest BCUT2D eigenvalue weighted by molar-refractivity contribution is -0.126. The van der Waals surface area contributed by atoms with Crippen LogP contribution in [0.5, 0.6) is 0 Å². The second-order valence-electron chi connectivity index (χ2n) is 6.84. The topological polar surface area (TPSA) is 92.5 Å². The van der Waals surface area contributed by atoms with Crippen LogP contribution in [0.4, 0.5) is 0 Å². The highest BCUT2D eigenvalue weighted by Crippen LogP contribution is 2.23. The van der Waals surface area contributed by atoms with E-state index in [1.54, 1.807) is 0 Å². The first-order chi connectivity index (χ1) is 12.4. The highest BCUT2D eigenvalue weighted by Gasteiger charge is 2.29. The number of amides is 1. The third-order valence-corrected chi connectivity index (χ3v) is 6.32. The minimum Gasteiger partial charge on any atom is -0.348 e. The van der Waals surface area contributed by atoms with Gasteiger partial charge < -0.3 is 11.1 Å². The van der Waals surface area contributed by atoms with Crippen LogP contribution in [0.2, 0.25) is 0 Å². The number of carbonyl (C=O) groups excluding carboxylic acids is 1. The Morgan fingerprint density at radius 3 is 2.41 bits per heavy atom. The molecule has 148 valence electrons. The van der Waals surface area contributed by atoms with Crippen molar-refractivity contribution in [3.05, 3.63) is 48.0 Å². The van der Waals surface area contributed by atoms with E-state index in [1.165, 1.54) is 10.6 Å². The third kappa shape index (κ3) is 5.19. The number of hydrogen-bond acceptors (Lipinski definition) is 4. The number of nitrogens with two attached hydrogens (primary N) is 1. The minimum atomic E-state index is -3.18. The molecule has 1 saturated heterocycles. The molecule has 0 spiro atoms. The summed E-state index contributed by atoms with van der Waals surface area (Å²) in [5.41, 5.74) is 6.88. The lowest BCUT2D eigenvalue weighted by atomic mass is 9.95. The average molecular weight is 412 g/mol. The van der Waals surface area contributed by atoms with Gasteiger partial charge in [-0.2, -0.15) is 0 Å². The number of piperidine rings is 1. The molecule has 3 N–H and O–H groups in total. The fourth-order valence-corrected chi connectivity index (χ4v) is 4.32. The fourth-order valence-electron chi connectivity index (χ4n) is 3.44. The Hall–Kier alpha value is -1.67. The van der Waals surface area contributed by atoms with Gasteiger partial charge in [0.1, 0.15) is 0 Å². The molecule has 0 bridgehead atoms. The van der Waals surface area contributed by atoms with E-state index in [0.29, 0.717) is 32.5 Å². The van der Waals surface area contributed by atoms with Gasteiger partial charge in [0.25, 0.3) is 0 Å². The highest BCUT2D eigenvalue weighted by molar-refractivity contribution is 7.88. The second-order valence-corrected chi connectivity index (χ2v) is 8.82. The number of fused-ring (bicyclic) bond motifs is 1. The lowest BCUT2D eigenvalue weighted by Crippen LogP contribution is -2.44. The fraction of sp³-hybridized carbons (Fsp3) is 0.421. The number of nitrogens with zero attached hydrogens (tertiary/aromatic N) is 1. The maximum Gasteiger partial charge on any atom is 0.223 e. The molecule has 1 aliphatic heterocycles. The van der Waals surface area contributed by atoms with Gasteiger partial charge in [-0.3, -0.25) is 4.79 Å². The standard InChI is InChI=1S/C19H25N3O3S.ClH/c1-26(24,25)22-10-8-15(9-11-22)19(23)21-18(13-20)17-7-6-14-4-2-3-5-16(14)12-17;/h2-7,12,15,18H,8-11,13,20H2,1H3,(H,21,23);1H. The van der Waals surface area contributed by atoms with E-state index in [1.807, 2.05) is 36.4 Å². The first kappa shape index (κ1) is 21.6. The van der Waals surface area contributed by atoms with Crippen LogP contribution in [0, 0.1) is 5.92 Å². The second kappa shape index (κ2) is 9.01. The monoisotopic (exact) mass is 411 g/mol.